The number of nitrogens with zero attached hydrogens (tertiary/aromatic N) is 1. The molecule has 3 aromatic rings. The highest BCUT2D eigenvalue weighted by molar-refractivity contribution is 7.99. The van der Waals surface area contributed by atoms with Gasteiger partial charge in [-0.05, 0) is 25.1 Å². The van der Waals surface area contributed by atoms with E-state index in [1.165, 1.54) is 5.56 Å². The number of hydrogen-bond donors (Lipinski definition) is 3. The molecule has 140 valence electrons. The van der Waals surface area contributed by atoms with Gasteiger partial charge in [-0.15, -0.1) is 11.8 Å². The van der Waals surface area contributed by atoms with Crippen molar-refractivity contribution < 1.29 is 9.59 Å². The first-order chi connectivity index (χ1) is 13.0. The molecule has 0 unspecified atom stereocenters. The van der Waals surface area contributed by atoms with Crippen molar-refractivity contribution in [3.8, 4) is 0 Å². The van der Waals surface area contributed by atoms with E-state index < -0.39 is 6.03 Å². The highest BCUT2D eigenvalue weighted by Gasteiger charge is 2.13. The molecule has 3 N–H and O–H groups in total. The second-order valence-electron chi connectivity index (χ2n) is 6.17. The number of para-hydroxylation sites is 1. The quantitative estimate of drug-likeness (QED) is 0.360. The summed E-state index contributed by atoms with van der Waals surface area (Å²) in [4.78, 5) is 25.4. The van der Waals surface area contributed by atoms with Crippen molar-refractivity contribution in [3.05, 3.63) is 65.9 Å². The second kappa shape index (κ2) is 8.64. The highest BCUT2D eigenvalue weighted by Crippen LogP contribution is 2.20. The highest BCUT2D eigenvalue weighted by atomic mass is 32.2. The molecule has 1 aromatic heterocycles. The van der Waals surface area contributed by atoms with Gasteiger partial charge in [-0.2, -0.15) is 0 Å². The number of rotatable bonds is 5. The van der Waals surface area contributed by atoms with Crippen LogP contribution in [0.3, 0.4) is 0 Å². The first-order valence-corrected chi connectivity index (χ1v) is 9.61. The summed E-state index contributed by atoms with van der Waals surface area (Å²) in [6, 6.07) is 15.4. The van der Waals surface area contributed by atoms with E-state index in [0.29, 0.717) is 12.1 Å². The normalized spacial score (nSPS) is 10.6. The van der Waals surface area contributed by atoms with Crippen molar-refractivity contribution in [2.24, 2.45) is 7.05 Å². The number of hydrazine groups is 1. The van der Waals surface area contributed by atoms with Crippen molar-refractivity contribution in [3.63, 3.8) is 0 Å². The van der Waals surface area contributed by atoms with Crippen LogP contribution < -0.4 is 16.2 Å². The Morgan fingerprint density at radius 1 is 1.04 bits per heavy atom. The number of nitrogens with one attached hydrogen (secondary N) is 3. The minimum absolute atomic E-state index is 0.351. The third-order valence-electron chi connectivity index (χ3n) is 4.11. The Balaban J connectivity index is 1.43. The maximum Gasteiger partial charge on any atom is 0.333 e. The molecule has 0 saturated heterocycles. The Morgan fingerprint density at radius 2 is 1.78 bits per heavy atom. The van der Waals surface area contributed by atoms with Crippen LogP contribution in [0.2, 0.25) is 0 Å². The van der Waals surface area contributed by atoms with Crippen LogP contribution in [-0.2, 0) is 7.05 Å². The summed E-state index contributed by atoms with van der Waals surface area (Å²) in [7, 11) is 1.88. The van der Waals surface area contributed by atoms with Crippen LogP contribution in [0.25, 0.3) is 10.9 Å². The Bertz CT molecular complexity index is 950. The van der Waals surface area contributed by atoms with Gasteiger partial charge in [0.25, 0.3) is 5.91 Å². The minimum Gasteiger partial charge on any atom is -0.350 e. The molecule has 6 nitrogen and oxygen atoms in total. The summed E-state index contributed by atoms with van der Waals surface area (Å²) in [6.45, 7) is 2.54. The Labute approximate surface area is 162 Å². The second-order valence-corrected chi connectivity index (χ2v) is 7.34. The predicted octanol–water partition coefficient (Wildman–Crippen LogP) is 3.22. The van der Waals surface area contributed by atoms with Crippen LogP contribution >= 0.6 is 11.8 Å². The molecule has 0 fully saturated rings. The Morgan fingerprint density at radius 3 is 2.56 bits per heavy atom. The third kappa shape index (κ3) is 4.83. The zero-order chi connectivity index (χ0) is 19.2. The summed E-state index contributed by atoms with van der Waals surface area (Å²) in [5.41, 5.74) is 7.54. The van der Waals surface area contributed by atoms with Gasteiger partial charge in [0.05, 0.1) is 5.56 Å². The molecule has 2 aromatic carbocycles. The van der Waals surface area contributed by atoms with E-state index >= 15 is 0 Å². The van der Waals surface area contributed by atoms with Crippen LogP contribution in [0.1, 0.15) is 15.9 Å². The van der Waals surface area contributed by atoms with Crippen LogP contribution in [0.15, 0.2) is 59.6 Å². The van der Waals surface area contributed by atoms with Crippen molar-refractivity contribution in [1.82, 2.24) is 20.7 Å². The molecule has 0 radical (unpaired) electrons. The molecular weight excluding hydrogens is 360 g/mol. The van der Waals surface area contributed by atoms with E-state index in [0.717, 1.165) is 21.6 Å². The topological polar surface area (TPSA) is 75.2 Å². The van der Waals surface area contributed by atoms with E-state index in [9.17, 15) is 9.59 Å². The Hall–Kier alpha value is -2.93. The molecule has 0 saturated carbocycles. The minimum atomic E-state index is -0.437. The number of benzene rings is 2. The molecule has 7 heteroatoms. The van der Waals surface area contributed by atoms with E-state index in [4.69, 9.17) is 0 Å². The smallest absolute Gasteiger partial charge is 0.333 e. The lowest BCUT2D eigenvalue weighted by molar-refractivity contribution is 0.0938. The number of carbonyl (C=O) groups excluding carboxylic acids is 2. The van der Waals surface area contributed by atoms with E-state index in [1.54, 1.807) is 18.0 Å². The van der Waals surface area contributed by atoms with Crippen molar-refractivity contribution in [1.29, 1.82) is 0 Å². The van der Waals surface area contributed by atoms with Gasteiger partial charge < -0.3 is 9.88 Å². The van der Waals surface area contributed by atoms with Crippen LogP contribution in [0, 0.1) is 6.92 Å². The number of thioether (sulfide) groups is 1. The van der Waals surface area contributed by atoms with Crippen molar-refractivity contribution >= 4 is 34.6 Å². The van der Waals surface area contributed by atoms with Gasteiger partial charge in [0, 0.05) is 41.3 Å². The average molecular weight is 382 g/mol. The average Bonchev–Trinajstić information content (AvgIpc) is 3.02. The third-order valence-corrected chi connectivity index (χ3v) is 5.12. The van der Waals surface area contributed by atoms with Gasteiger partial charge in [0.2, 0.25) is 0 Å². The van der Waals surface area contributed by atoms with E-state index in [1.807, 2.05) is 42.8 Å². The van der Waals surface area contributed by atoms with E-state index in [2.05, 4.69) is 40.4 Å². The van der Waals surface area contributed by atoms with Crippen LogP contribution in [0.5, 0.6) is 0 Å². The predicted molar refractivity (Wildman–Crippen MR) is 109 cm³/mol. The van der Waals surface area contributed by atoms with Gasteiger partial charge in [0.1, 0.15) is 0 Å². The fourth-order valence-corrected chi connectivity index (χ4v) is 3.48. The summed E-state index contributed by atoms with van der Waals surface area (Å²) in [6.07, 6.45) is 1.75. The number of carbonyl (C=O) groups is 2. The first-order valence-electron chi connectivity index (χ1n) is 8.62. The first kappa shape index (κ1) is 18.8. The lowest BCUT2D eigenvalue weighted by Crippen LogP contribution is -2.47. The lowest BCUT2D eigenvalue weighted by Gasteiger charge is -2.08. The molecule has 1 heterocycles. The number of fused-ring (bicyclic) bond motifs is 1. The number of aromatic nitrogens is 1. The number of hydrogen-bond acceptors (Lipinski definition) is 3. The fourth-order valence-electron chi connectivity index (χ4n) is 2.72. The maximum atomic E-state index is 12.3. The van der Waals surface area contributed by atoms with Gasteiger partial charge in [-0.25, -0.2) is 10.2 Å². The van der Waals surface area contributed by atoms with Crippen molar-refractivity contribution in [2.75, 3.05) is 12.3 Å². The molecule has 0 atom stereocenters. The molecule has 3 amide bonds. The lowest BCUT2D eigenvalue weighted by atomic mass is 10.2. The molecule has 0 bridgehead atoms. The largest absolute Gasteiger partial charge is 0.350 e. The zero-order valence-corrected chi connectivity index (χ0v) is 16.1. The molecule has 0 aliphatic carbocycles. The summed E-state index contributed by atoms with van der Waals surface area (Å²) >= 11 is 1.66. The van der Waals surface area contributed by atoms with Crippen LogP contribution in [0.4, 0.5) is 4.79 Å². The monoisotopic (exact) mass is 382 g/mol. The number of urea groups is 1. The van der Waals surface area contributed by atoms with Gasteiger partial charge in [-0.3, -0.25) is 10.2 Å². The van der Waals surface area contributed by atoms with E-state index in [-0.39, 0.29) is 5.91 Å². The Kier molecular flexibility index (Phi) is 6.03. The summed E-state index contributed by atoms with van der Waals surface area (Å²) < 4.78 is 1.88. The SMILES string of the molecule is Cc1ccc(SCCNC(=O)NNC(=O)c2cn(C)c3ccccc23)cc1. The maximum absolute atomic E-state index is 12.3. The number of aryl methyl sites for hydroxylation is 2. The summed E-state index contributed by atoms with van der Waals surface area (Å²) in [5.74, 6) is 0.393. The van der Waals surface area contributed by atoms with Gasteiger partial charge in [0.15, 0.2) is 0 Å². The molecule has 0 aliphatic rings. The molecule has 27 heavy (non-hydrogen) atoms. The van der Waals surface area contributed by atoms with Crippen LogP contribution in [-0.4, -0.2) is 28.8 Å². The van der Waals surface area contributed by atoms with Gasteiger partial charge >= 0.3 is 6.03 Å². The zero-order valence-electron chi connectivity index (χ0n) is 15.3. The molecule has 0 aliphatic heterocycles. The molecular formula is C20H22N4O2S. The standard InChI is InChI=1S/C20H22N4O2S/c1-14-7-9-15(10-8-14)27-12-11-21-20(26)23-22-19(25)17-13-24(2)18-6-4-3-5-16(17)18/h3-10,13H,11-12H2,1-2H3,(H,22,25)(H2,21,23,26). The number of amides is 3. The fraction of sp³-hybridized carbons (Fsp3) is 0.200. The van der Waals surface area contributed by atoms with Gasteiger partial charge in [-0.1, -0.05) is 35.9 Å². The summed E-state index contributed by atoms with van der Waals surface area (Å²) in [5, 5.41) is 3.56. The van der Waals surface area contributed by atoms with Crippen molar-refractivity contribution in [2.45, 2.75) is 11.8 Å². The molecule has 0 spiro atoms. The molecule has 3 rings (SSSR count).